The predicted octanol–water partition coefficient (Wildman–Crippen LogP) is 2.07. The molecule has 1 aromatic rings. The first-order valence-corrected chi connectivity index (χ1v) is 6.30. The van der Waals surface area contributed by atoms with Crippen LogP contribution in [0.2, 0.25) is 0 Å². The quantitative estimate of drug-likeness (QED) is 0.838. The molecule has 1 aliphatic carbocycles. The summed E-state index contributed by atoms with van der Waals surface area (Å²) < 4.78 is 5.22. The van der Waals surface area contributed by atoms with Crippen molar-refractivity contribution < 1.29 is 9.53 Å². The van der Waals surface area contributed by atoms with E-state index in [4.69, 9.17) is 10.5 Å². The van der Waals surface area contributed by atoms with Crippen molar-refractivity contribution in [1.82, 2.24) is 0 Å². The van der Waals surface area contributed by atoms with E-state index in [2.05, 4.69) is 5.32 Å². The largest absolute Gasteiger partial charge is 0.495 e. The summed E-state index contributed by atoms with van der Waals surface area (Å²) in [4.78, 5) is 11.9. The Labute approximate surface area is 108 Å². The maximum atomic E-state index is 11.9. The average Bonchev–Trinajstić information content (AvgIpc) is 3.12. The summed E-state index contributed by atoms with van der Waals surface area (Å²) in [5, 5.41) is 2.87. The third-order valence-electron chi connectivity index (χ3n) is 3.28. The molecule has 18 heavy (non-hydrogen) atoms. The molecule has 3 N–H and O–H groups in total. The van der Waals surface area contributed by atoms with Gasteiger partial charge >= 0.3 is 0 Å². The van der Waals surface area contributed by atoms with Crippen molar-refractivity contribution in [1.29, 1.82) is 0 Å². The Morgan fingerprint density at radius 1 is 1.56 bits per heavy atom. The van der Waals surface area contributed by atoms with Gasteiger partial charge in [0, 0.05) is 12.5 Å². The smallest absolute Gasteiger partial charge is 0.226 e. The van der Waals surface area contributed by atoms with Crippen LogP contribution in [0.5, 0.6) is 5.75 Å². The molecule has 1 fully saturated rings. The van der Waals surface area contributed by atoms with Gasteiger partial charge < -0.3 is 15.8 Å². The van der Waals surface area contributed by atoms with Crippen LogP contribution >= 0.6 is 0 Å². The lowest BCUT2D eigenvalue weighted by Gasteiger charge is -2.13. The lowest BCUT2D eigenvalue weighted by Crippen LogP contribution is -2.28. The molecule has 1 unspecified atom stereocenters. The molecule has 0 aliphatic heterocycles. The highest BCUT2D eigenvalue weighted by molar-refractivity contribution is 5.92. The van der Waals surface area contributed by atoms with E-state index in [0.717, 1.165) is 18.4 Å². The van der Waals surface area contributed by atoms with E-state index < -0.39 is 0 Å². The van der Waals surface area contributed by atoms with Gasteiger partial charge in [-0.05, 0) is 43.4 Å². The van der Waals surface area contributed by atoms with E-state index in [9.17, 15) is 4.79 Å². The minimum atomic E-state index is -0.0432. The first-order valence-electron chi connectivity index (χ1n) is 6.30. The Bertz CT molecular complexity index is 441. The van der Waals surface area contributed by atoms with Crippen molar-refractivity contribution in [2.45, 2.75) is 32.2 Å². The van der Waals surface area contributed by atoms with E-state index in [-0.39, 0.29) is 11.9 Å². The first-order chi connectivity index (χ1) is 8.60. The average molecular weight is 248 g/mol. The molecule has 0 saturated heterocycles. The van der Waals surface area contributed by atoms with Crippen LogP contribution in [0, 0.1) is 12.8 Å². The van der Waals surface area contributed by atoms with Crippen LogP contribution in [0.15, 0.2) is 18.2 Å². The highest BCUT2D eigenvalue weighted by atomic mass is 16.5. The molecule has 0 spiro atoms. The van der Waals surface area contributed by atoms with Gasteiger partial charge in [-0.3, -0.25) is 4.79 Å². The van der Waals surface area contributed by atoms with Crippen LogP contribution in [0.3, 0.4) is 0 Å². The maximum absolute atomic E-state index is 11.9. The van der Waals surface area contributed by atoms with E-state index in [1.54, 1.807) is 7.11 Å². The molecule has 1 saturated carbocycles. The van der Waals surface area contributed by atoms with Crippen LogP contribution in [0.25, 0.3) is 0 Å². The number of carbonyl (C=O) groups excluding carboxylic acids is 1. The molecule has 1 atom stereocenters. The molecule has 98 valence electrons. The van der Waals surface area contributed by atoms with E-state index in [1.165, 1.54) is 0 Å². The monoisotopic (exact) mass is 248 g/mol. The van der Waals surface area contributed by atoms with Crippen LogP contribution in [0.4, 0.5) is 5.69 Å². The molecule has 1 amide bonds. The lowest BCUT2D eigenvalue weighted by molar-refractivity contribution is -0.116. The number of amides is 1. The highest BCUT2D eigenvalue weighted by Gasteiger charge is 2.29. The molecular formula is C14H20N2O2. The summed E-state index contributed by atoms with van der Waals surface area (Å²) in [6, 6.07) is 5.69. The molecule has 4 heteroatoms. The van der Waals surface area contributed by atoms with Crippen LogP contribution < -0.4 is 15.8 Å². The summed E-state index contributed by atoms with van der Waals surface area (Å²) in [6.07, 6.45) is 2.69. The number of rotatable bonds is 5. The number of methoxy groups -OCH3 is 1. The summed E-state index contributed by atoms with van der Waals surface area (Å²) in [6.45, 7) is 1.98. The fraction of sp³-hybridized carbons (Fsp3) is 0.500. The van der Waals surface area contributed by atoms with Crippen LogP contribution in [0.1, 0.15) is 24.8 Å². The number of anilines is 1. The normalized spacial score (nSPS) is 16.2. The number of nitrogens with one attached hydrogen (secondary N) is 1. The van der Waals surface area contributed by atoms with Crippen LogP contribution in [-0.4, -0.2) is 19.1 Å². The molecule has 2 rings (SSSR count). The zero-order chi connectivity index (χ0) is 13.1. The number of benzene rings is 1. The third-order valence-corrected chi connectivity index (χ3v) is 3.28. The van der Waals surface area contributed by atoms with Crippen molar-refractivity contribution in [3.05, 3.63) is 23.8 Å². The topological polar surface area (TPSA) is 64.3 Å². The van der Waals surface area contributed by atoms with Gasteiger partial charge in [0.05, 0.1) is 12.8 Å². The molecule has 0 aromatic heterocycles. The van der Waals surface area contributed by atoms with E-state index in [0.29, 0.717) is 23.8 Å². The molecule has 1 aromatic carbocycles. The summed E-state index contributed by atoms with van der Waals surface area (Å²) >= 11 is 0. The minimum absolute atomic E-state index is 0.0131. The fourth-order valence-corrected chi connectivity index (χ4v) is 2.03. The number of ether oxygens (including phenoxy) is 1. The van der Waals surface area contributed by atoms with Gasteiger partial charge in [0.15, 0.2) is 0 Å². The standard InChI is InChI=1S/C14H20N2O2/c1-9-3-6-13(18-2)12(7-9)16-14(17)8-11(15)10-4-5-10/h3,6-7,10-11H,4-5,8,15H2,1-2H3,(H,16,17). The number of carbonyl (C=O) groups is 1. The Morgan fingerprint density at radius 3 is 2.89 bits per heavy atom. The fourth-order valence-electron chi connectivity index (χ4n) is 2.03. The Balaban J connectivity index is 1.98. The van der Waals surface area contributed by atoms with Gasteiger partial charge in [-0.25, -0.2) is 0 Å². The highest BCUT2D eigenvalue weighted by Crippen LogP contribution is 2.33. The second kappa shape index (κ2) is 5.40. The molecule has 1 aliphatic rings. The van der Waals surface area contributed by atoms with Crippen molar-refractivity contribution >= 4 is 11.6 Å². The Hall–Kier alpha value is -1.55. The zero-order valence-corrected chi connectivity index (χ0v) is 10.9. The van der Waals surface area contributed by atoms with Gasteiger partial charge in [-0.15, -0.1) is 0 Å². The van der Waals surface area contributed by atoms with Crippen molar-refractivity contribution in [2.24, 2.45) is 11.7 Å². The third kappa shape index (κ3) is 3.23. The van der Waals surface area contributed by atoms with E-state index in [1.807, 2.05) is 25.1 Å². The second-order valence-corrected chi connectivity index (χ2v) is 4.96. The maximum Gasteiger partial charge on any atom is 0.226 e. The minimum Gasteiger partial charge on any atom is -0.495 e. The Kier molecular flexibility index (Phi) is 3.87. The first kappa shape index (κ1) is 12.9. The summed E-state index contributed by atoms with van der Waals surface area (Å²) in [5.74, 6) is 1.17. The van der Waals surface area contributed by atoms with Crippen molar-refractivity contribution in [2.75, 3.05) is 12.4 Å². The van der Waals surface area contributed by atoms with Gasteiger partial charge in [0.25, 0.3) is 0 Å². The van der Waals surface area contributed by atoms with Gasteiger partial charge in [0.2, 0.25) is 5.91 Å². The lowest BCUT2D eigenvalue weighted by atomic mass is 10.1. The second-order valence-electron chi connectivity index (χ2n) is 4.96. The van der Waals surface area contributed by atoms with E-state index >= 15 is 0 Å². The summed E-state index contributed by atoms with van der Waals surface area (Å²) in [5.41, 5.74) is 7.74. The number of nitrogens with two attached hydrogens (primary N) is 1. The molecule has 4 nitrogen and oxygen atoms in total. The number of hydrogen-bond acceptors (Lipinski definition) is 3. The zero-order valence-electron chi connectivity index (χ0n) is 10.9. The molecule has 0 heterocycles. The van der Waals surface area contributed by atoms with Gasteiger partial charge in [-0.1, -0.05) is 6.07 Å². The van der Waals surface area contributed by atoms with Crippen molar-refractivity contribution in [3.8, 4) is 5.75 Å². The predicted molar refractivity (Wildman–Crippen MR) is 71.7 cm³/mol. The SMILES string of the molecule is COc1ccc(C)cc1NC(=O)CC(N)C1CC1. The molecular weight excluding hydrogens is 228 g/mol. The number of hydrogen-bond donors (Lipinski definition) is 2. The number of aryl methyl sites for hydroxylation is 1. The molecule has 0 bridgehead atoms. The summed E-state index contributed by atoms with van der Waals surface area (Å²) in [7, 11) is 1.59. The van der Waals surface area contributed by atoms with Gasteiger partial charge in [0.1, 0.15) is 5.75 Å². The van der Waals surface area contributed by atoms with Crippen LogP contribution in [-0.2, 0) is 4.79 Å². The Morgan fingerprint density at radius 2 is 2.28 bits per heavy atom. The van der Waals surface area contributed by atoms with Crippen molar-refractivity contribution in [3.63, 3.8) is 0 Å². The van der Waals surface area contributed by atoms with Gasteiger partial charge in [-0.2, -0.15) is 0 Å². The molecule has 0 radical (unpaired) electrons.